The lowest BCUT2D eigenvalue weighted by atomic mass is 10.1. The first-order chi connectivity index (χ1) is 14.2. The summed E-state index contributed by atoms with van der Waals surface area (Å²) in [4.78, 5) is 23.2. The number of hydrogen-bond acceptors (Lipinski definition) is 6. The van der Waals surface area contributed by atoms with E-state index in [4.69, 9.17) is 14.2 Å². The molecule has 0 saturated carbocycles. The Bertz CT molecular complexity index is 918. The van der Waals surface area contributed by atoms with E-state index in [0.29, 0.717) is 0 Å². The zero-order valence-electron chi connectivity index (χ0n) is 16.1. The van der Waals surface area contributed by atoms with Crippen molar-refractivity contribution in [3.63, 3.8) is 0 Å². The summed E-state index contributed by atoms with van der Waals surface area (Å²) in [5, 5.41) is 13.8. The molecule has 0 atom stereocenters. The number of alkyl halides is 3. The summed E-state index contributed by atoms with van der Waals surface area (Å²) < 4.78 is 53.8. The maximum absolute atomic E-state index is 12.8. The Kier molecular flexibility index (Phi) is 7.59. The predicted octanol–water partition coefficient (Wildman–Crippen LogP) is 3.58. The number of methoxy groups -OCH3 is 2. The number of benzene rings is 2. The van der Waals surface area contributed by atoms with Gasteiger partial charge in [0, 0.05) is 19.7 Å². The van der Waals surface area contributed by atoms with Crippen molar-refractivity contribution in [2.45, 2.75) is 12.7 Å². The molecular formula is C19H19F3N2O6. The van der Waals surface area contributed by atoms with Gasteiger partial charge >= 0.3 is 6.18 Å². The van der Waals surface area contributed by atoms with Gasteiger partial charge in [0.05, 0.1) is 30.3 Å². The molecule has 30 heavy (non-hydrogen) atoms. The van der Waals surface area contributed by atoms with Crippen molar-refractivity contribution < 1.29 is 37.1 Å². The second-order valence-corrected chi connectivity index (χ2v) is 6.00. The molecule has 2 aromatic carbocycles. The van der Waals surface area contributed by atoms with Gasteiger partial charge in [-0.3, -0.25) is 14.9 Å². The van der Waals surface area contributed by atoms with Crippen molar-refractivity contribution in [3.8, 4) is 11.5 Å². The van der Waals surface area contributed by atoms with Gasteiger partial charge in [-0.25, -0.2) is 0 Å². The Morgan fingerprint density at radius 3 is 2.47 bits per heavy atom. The molecule has 8 nitrogen and oxygen atoms in total. The van der Waals surface area contributed by atoms with E-state index in [1.165, 1.54) is 26.4 Å². The van der Waals surface area contributed by atoms with Gasteiger partial charge in [0.2, 0.25) is 0 Å². The van der Waals surface area contributed by atoms with Gasteiger partial charge in [-0.05, 0) is 17.7 Å². The Morgan fingerprint density at radius 1 is 1.13 bits per heavy atom. The van der Waals surface area contributed by atoms with Crippen LogP contribution in [0, 0.1) is 10.1 Å². The number of halogens is 3. The van der Waals surface area contributed by atoms with E-state index in [9.17, 15) is 28.1 Å². The Labute approximate surface area is 169 Å². The minimum Gasteiger partial charge on any atom is -0.493 e. The Balaban J connectivity index is 2.25. The molecule has 0 aromatic heterocycles. The Hall–Kier alpha value is -3.34. The molecule has 0 unspecified atom stereocenters. The molecule has 162 valence electrons. The molecule has 0 spiro atoms. The number of ether oxygens (including phenoxy) is 3. The van der Waals surface area contributed by atoms with Crippen LogP contribution in [0.3, 0.4) is 0 Å². The van der Waals surface area contributed by atoms with Gasteiger partial charge in [0.1, 0.15) is 12.2 Å². The number of rotatable bonds is 9. The van der Waals surface area contributed by atoms with Crippen LogP contribution < -0.4 is 14.8 Å². The molecule has 1 amide bonds. The monoisotopic (exact) mass is 428 g/mol. The summed E-state index contributed by atoms with van der Waals surface area (Å²) in [6.07, 6.45) is -4.52. The van der Waals surface area contributed by atoms with Crippen LogP contribution in [0.2, 0.25) is 0 Å². The third-order valence-electron chi connectivity index (χ3n) is 3.98. The number of nitro groups is 1. The van der Waals surface area contributed by atoms with Crippen LogP contribution in [0.5, 0.6) is 11.5 Å². The summed E-state index contributed by atoms with van der Waals surface area (Å²) in [6, 6.07) is 6.60. The molecule has 0 radical (unpaired) electrons. The average Bonchev–Trinajstić information content (AvgIpc) is 2.71. The van der Waals surface area contributed by atoms with Gasteiger partial charge in [-0.2, -0.15) is 13.2 Å². The van der Waals surface area contributed by atoms with Crippen LogP contribution in [-0.4, -0.2) is 38.3 Å². The highest BCUT2D eigenvalue weighted by atomic mass is 19.4. The van der Waals surface area contributed by atoms with Gasteiger partial charge in [0.15, 0.2) is 11.5 Å². The van der Waals surface area contributed by atoms with Crippen molar-refractivity contribution in [3.05, 3.63) is 63.2 Å². The Morgan fingerprint density at radius 2 is 1.87 bits per heavy atom. The number of nitrogens with one attached hydrogen (secondary N) is 1. The zero-order chi connectivity index (χ0) is 22.3. The highest BCUT2D eigenvalue weighted by Crippen LogP contribution is 2.35. The minimum atomic E-state index is -4.52. The van der Waals surface area contributed by atoms with Gasteiger partial charge in [0.25, 0.3) is 11.6 Å². The lowest BCUT2D eigenvalue weighted by Crippen LogP contribution is -2.24. The van der Waals surface area contributed by atoms with E-state index < -0.39 is 28.3 Å². The SMILES string of the molecule is COCCOc1cc([N+](=O)[O-])c(C(=O)NCc2cccc(C(F)(F)F)c2)cc1OC. The van der Waals surface area contributed by atoms with Crippen molar-refractivity contribution >= 4 is 11.6 Å². The smallest absolute Gasteiger partial charge is 0.416 e. The largest absolute Gasteiger partial charge is 0.493 e. The molecule has 0 bridgehead atoms. The molecule has 2 rings (SSSR count). The molecule has 0 aliphatic heterocycles. The van der Waals surface area contributed by atoms with Crippen LogP contribution >= 0.6 is 0 Å². The van der Waals surface area contributed by atoms with Crippen molar-refractivity contribution in [2.24, 2.45) is 0 Å². The second-order valence-electron chi connectivity index (χ2n) is 6.00. The van der Waals surface area contributed by atoms with E-state index in [0.717, 1.165) is 24.3 Å². The fourth-order valence-electron chi connectivity index (χ4n) is 2.52. The lowest BCUT2D eigenvalue weighted by molar-refractivity contribution is -0.385. The minimum absolute atomic E-state index is 0.0516. The fraction of sp³-hybridized carbons (Fsp3) is 0.316. The first-order valence-corrected chi connectivity index (χ1v) is 8.60. The van der Waals surface area contributed by atoms with Crippen LogP contribution in [0.15, 0.2) is 36.4 Å². The second kappa shape index (κ2) is 9.92. The summed E-state index contributed by atoms with van der Waals surface area (Å²) in [6.45, 7) is 0.0790. The molecule has 0 heterocycles. The normalized spacial score (nSPS) is 11.1. The molecular weight excluding hydrogens is 409 g/mol. The number of nitro benzene ring substituents is 1. The third-order valence-corrected chi connectivity index (χ3v) is 3.98. The quantitative estimate of drug-likeness (QED) is 0.372. The van der Waals surface area contributed by atoms with E-state index in [1.54, 1.807) is 0 Å². The first-order valence-electron chi connectivity index (χ1n) is 8.60. The molecule has 0 aliphatic carbocycles. The summed E-state index contributed by atoms with van der Waals surface area (Å²) in [7, 11) is 2.76. The van der Waals surface area contributed by atoms with E-state index in [1.807, 2.05) is 0 Å². The standard InChI is InChI=1S/C19H19F3N2O6/c1-28-6-7-30-17-10-15(24(26)27)14(9-16(17)29-2)18(25)23-11-12-4-3-5-13(8-12)19(20,21)22/h3-5,8-10H,6-7,11H2,1-2H3,(H,23,25). The first kappa shape index (κ1) is 22.9. The molecule has 0 saturated heterocycles. The molecule has 0 aliphatic rings. The van der Waals surface area contributed by atoms with Gasteiger partial charge < -0.3 is 19.5 Å². The summed E-state index contributed by atoms with van der Waals surface area (Å²) in [5.41, 5.74) is -1.53. The van der Waals surface area contributed by atoms with Crippen molar-refractivity contribution in [1.82, 2.24) is 5.32 Å². The highest BCUT2D eigenvalue weighted by molar-refractivity contribution is 5.99. The molecule has 2 aromatic rings. The van der Waals surface area contributed by atoms with Gasteiger partial charge in [-0.1, -0.05) is 12.1 Å². The van der Waals surface area contributed by atoms with Crippen LogP contribution in [0.1, 0.15) is 21.5 Å². The predicted molar refractivity (Wildman–Crippen MR) is 99.6 cm³/mol. The van der Waals surface area contributed by atoms with Crippen LogP contribution in [0.4, 0.5) is 18.9 Å². The van der Waals surface area contributed by atoms with Crippen LogP contribution in [0.25, 0.3) is 0 Å². The van der Waals surface area contributed by atoms with Crippen molar-refractivity contribution in [1.29, 1.82) is 0 Å². The number of amides is 1. The topological polar surface area (TPSA) is 99.9 Å². The van der Waals surface area contributed by atoms with E-state index >= 15 is 0 Å². The van der Waals surface area contributed by atoms with E-state index in [2.05, 4.69) is 5.32 Å². The molecule has 11 heteroatoms. The number of nitrogens with zero attached hydrogens (tertiary/aromatic N) is 1. The third kappa shape index (κ3) is 5.83. The molecule has 1 N–H and O–H groups in total. The lowest BCUT2D eigenvalue weighted by Gasteiger charge is -2.13. The maximum Gasteiger partial charge on any atom is 0.416 e. The number of carbonyl (C=O) groups is 1. The highest BCUT2D eigenvalue weighted by Gasteiger charge is 2.30. The summed E-state index contributed by atoms with van der Waals surface area (Å²) in [5.74, 6) is -0.711. The average molecular weight is 428 g/mol. The molecule has 0 fully saturated rings. The summed E-state index contributed by atoms with van der Waals surface area (Å²) >= 11 is 0. The fourth-order valence-corrected chi connectivity index (χ4v) is 2.52. The van der Waals surface area contributed by atoms with Gasteiger partial charge in [-0.15, -0.1) is 0 Å². The number of carbonyl (C=O) groups excluding carboxylic acids is 1. The van der Waals surface area contributed by atoms with E-state index in [-0.39, 0.29) is 42.4 Å². The maximum atomic E-state index is 12.8. The number of hydrogen-bond donors (Lipinski definition) is 1. The van der Waals surface area contributed by atoms with Crippen molar-refractivity contribution in [2.75, 3.05) is 27.4 Å². The van der Waals surface area contributed by atoms with Crippen LogP contribution in [-0.2, 0) is 17.5 Å². The zero-order valence-corrected chi connectivity index (χ0v) is 16.1.